The monoisotopic (exact) mass is 286 g/mol. The molecule has 0 radical (unpaired) electrons. The Labute approximate surface area is 120 Å². The summed E-state index contributed by atoms with van der Waals surface area (Å²) >= 11 is 0. The van der Waals surface area contributed by atoms with E-state index in [9.17, 15) is 15.0 Å². The second-order valence-corrected chi connectivity index (χ2v) is 4.99. The number of rotatable bonds is 2. The van der Waals surface area contributed by atoms with Crippen LogP contribution in [-0.4, -0.2) is 23.3 Å². The summed E-state index contributed by atoms with van der Waals surface area (Å²) in [6, 6.07) is 4.96. The number of furan rings is 1. The number of phenols is 1. The van der Waals surface area contributed by atoms with Crippen LogP contribution in [0, 0.1) is 13.8 Å². The van der Waals surface area contributed by atoms with Gasteiger partial charge in [-0.1, -0.05) is 0 Å². The van der Waals surface area contributed by atoms with Crippen molar-refractivity contribution in [2.24, 2.45) is 0 Å². The van der Waals surface area contributed by atoms with Gasteiger partial charge in [-0.15, -0.1) is 0 Å². The van der Waals surface area contributed by atoms with Gasteiger partial charge in [0.15, 0.2) is 0 Å². The van der Waals surface area contributed by atoms with Crippen LogP contribution in [0.5, 0.6) is 11.5 Å². The fourth-order valence-corrected chi connectivity index (χ4v) is 2.79. The fraction of sp³-hybridized carbons (Fsp3) is 0.188. The van der Waals surface area contributed by atoms with Gasteiger partial charge < -0.3 is 19.4 Å². The van der Waals surface area contributed by atoms with Crippen LogP contribution in [0.15, 0.2) is 22.6 Å². The Morgan fingerprint density at radius 3 is 2.43 bits per heavy atom. The summed E-state index contributed by atoms with van der Waals surface area (Å²) in [7, 11) is 1.57. The van der Waals surface area contributed by atoms with E-state index in [0.717, 1.165) is 10.9 Å². The molecule has 2 N–H and O–H groups in total. The van der Waals surface area contributed by atoms with Crippen LogP contribution in [0.3, 0.4) is 0 Å². The maximum Gasteiger partial charge on any atom is 0.339 e. The molecule has 1 heterocycles. The van der Waals surface area contributed by atoms with Gasteiger partial charge in [0.05, 0.1) is 7.11 Å². The summed E-state index contributed by atoms with van der Waals surface area (Å²) in [5, 5.41) is 20.7. The van der Waals surface area contributed by atoms with Crippen molar-refractivity contribution in [1.29, 1.82) is 0 Å². The first-order valence-corrected chi connectivity index (χ1v) is 6.40. The Balaban J connectivity index is 2.52. The van der Waals surface area contributed by atoms with E-state index in [0.29, 0.717) is 27.9 Å². The molecule has 3 rings (SSSR count). The summed E-state index contributed by atoms with van der Waals surface area (Å²) in [5.74, 6) is -0.789. The summed E-state index contributed by atoms with van der Waals surface area (Å²) in [6.07, 6.45) is 0. The van der Waals surface area contributed by atoms with Crippen LogP contribution in [-0.2, 0) is 0 Å². The van der Waals surface area contributed by atoms with Crippen LogP contribution in [0.1, 0.15) is 21.5 Å². The molecule has 0 aliphatic heterocycles. The summed E-state index contributed by atoms with van der Waals surface area (Å²) in [5.41, 5.74) is 2.38. The van der Waals surface area contributed by atoms with Gasteiger partial charge in [0.2, 0.25) is 0 Å². The average Bonchev–Trinajstić information content (AvgIpc) is 2.76. The molecule has 0 amide bonds. The van der Waals surface area contributed by atoms with Crippen molar-refractivity contribution in [2.45, 2.75) is 13.8 Å². The Bertz CT molecular complexity index is 889. The molecule has 2 aromatic carbocycles. The topological polar surface area (TPSA) is 79.9 Å². The number of carboxylic acid groups (broad SMARTS) is 1. The van der Waals surface area contributed by atoms with Crippen molar-refractivity contribution >= 4 is 27.9 Å². The quantitative estimate of drug-likeness (QED) is 0.752. The molecule has 0 unspecified atom stereocenters. The van der Waals surface area contributed by atoms with Gasteiger partial charge in [0.25, 0.3) is 0 Å². The van der Waals surface area contributed by atoms with Gasteiger partial charge in [-0.05, 0) is 31.0 Å². The Morgan fingerprint density at radius 1 is 1.14 bits per heavy atom. The van der Waals surface area contributed by atoms with E-state index in [4.69, 9.17) is 9.15 Å². The molecule has 108 valence electrons. The second-order valence-electron chi connectivity index (χ2n) is 4.99. The number of fused-ring (bicyclic) bond motifs is 3. The van der Waals surface area contributed by atoms with Gasteiger partial charge in [0, 0.05) is 22.9 Å². The lowest BCUT2D eigenvalue weighted by Crippen LogP contribution is -2.00. The van der Waals surface area contributed by atoms with Crippen LogP contribution in [0.2, 0.25) is 0 Å². The van der Waals surface area contributed by atoms with Gasteiger partial charge >= 0.3 is 5.97 Å². The average molecular weight is 286 g/mol. The number of methoxy groups -OCH3 is 1. The van der Waals surface area contributed by atoms with Crippen LogP contribution in [0.25, 0.3) is 21.9 Å². The minimum Gasteiger partial charge on any atom is -0.507 e. The van der Waals surface area contributed by atoms with Crippen molar-refractivity contribution in [3.05, 3.63) is 34.9 Å². The van der Waals surface area contributed by atoms with E-state index in [1.165, 1.54) is 6.07 Å². The lowest BCUT2D eigenvalue weighted by Gasteiger charge is -2.06. The highest BCUT2D eigenvalue weighted by atomic mass is 16.5. The number of carboxylic acids is 1. The molecule has 0 aliphatic rings. The molecule has 21 heavy (non-hydrogen) atoms. The highest BCUT2D eigenvalue weighted by molar-refractivity contribution is 6.12. The minimum atomic E-state index is -1.16. The smallest absolute Gasteiger partial charge is 0.339 e. The predicted octanol–water partition coefficient (Wildman–Crippen LogP) is 3.62. The molecular weight excluding hydrogens is 272 g/mol. The Morgan fingerprint density at radius 2 is 1.81 bits per heavy atom. The lowest BCUT2D eigenvalue weighted by atomic mass is 9.99. The molecule has 0 saturated heterocycles. The third-order valence-corrected chi connectivity index (χ3v) is 3.71. The van der Waals surface area contributed by atoms with Crippen molar-refractivity contribution in [3.8, 4) is 11.5 Å². The minimum absolute atomic E-state index is 0.0968. The molecule has 0 spiro atoms. The molecule has 0 bridgehead atoms. The molecule has 5 nitrogen and oxygen atoms in total. The van der Waals surface area contributed by atoms with Crippen LogP contribution >= 0.6 is 0 Å². The second kappa shape index (κ2) is 4.41. The van der Waals surface area contributed by atoms with Gasteiger partial charge in [0.1, 0.15) is 28.2 Å². The normalized spacial score (nSPS) is 11.2. The highest BCUT2D eigenvalue weighted by Crippen LogP contribution is 2.39. The van der Waals surface area contributed by atoms with Crippen molar-refractivity contribution < 1.29 is 24.2 Å². The number of benzene rings is 2. The standard InChI is InChI=1S/C16H14O5/c1-7-4-9(20-3)5-11-13(7)15-8(2)14(16(18)19)10(17)6-12(15)21-11/h4-6,17H,1-3H3,(H,18,19). The number of carbonyl (C=O) groups is 1. The molecule has 0 saturated carbocycles. The van der Waals surface area contributed by atoms with E-state index in [1.54, 1.807) is 20.1 Å². The summed E-state index contributed by atoms with van der Waals surface area (Å²) < 4.78 is 11.0. The zero-order valence-electron chi connectivity index (χ0n) is 11.9. The first-order chi connectivity index (χ1) is 9.93. The maximum absolute atomic E-state index is 11.3. The zero-order chi connectivity index (χ0) is 15.3. The maximum atomic E-state index is 11.3. The molecule has 5 heteroatoms. The molecule has 0 atom stereocenters. The number of hydrogen-bond acceptors (Lipinski definition) is 4. The van der Waals surface area contributed by atoms with Crippen LogP contribution < -0.4 is 4.74 Å². The van der Waals surface area contributed by atoms with Gasteiger partial charge in [-0.3, -0.25) is 0 Å². The zero-order valence-corrected chi connectivity index (χ0v) is 11.9. The van der Waals surface area contributed by atoms with Crippen molar-refractivity contribution in [1.82, 2.24) is 0 Å². The van der Waals surface area contributed by atoms with Gasteiger partial charge in [-0.2, -0.15) is 0 Å². The number of hydrogen-bond donors (Lipinski definition) is 2. The molecule has 1 aromatic heterocycles. The van der Waals surface area contributed by atoms with Gasteiger partial charge in [-0.25, -0.2) is 4.79 Å². The van der Waals surface area contributed by atoms with E-state index < -0.39 is 5.97 Å². The third kappa shape index (κ3) is 1.81. The van der Waals surface area contributed by atoms with E-state index in [1.807, 2.05) is 13.0 Å². The Hall–Kier alpha value is -2.69. The van der Waals surface area contributed by atoms with Crippen LogP contribution in [0.4, 0.5) is 0 Å². The number of ether oxygens (including phenoxy) is 1. The molecule has 3 aromatic rings. The largest absolute Gasteiger partial charge is 0.507 e. The third-order valence-electron chi connectivity index (χ3n) is 3.71. The van der Waals surface area contributed by atoms with E-state index >= 15 is 0 Å². The first-order valence-electron chi connectivity index (χ1n) is 6.40. The van der Waals surface area contributed by atoms with Crippen molar-refractivity contribution in [3.63, 3.8) is 0 Å². The Kier molecular flexibility index (Phi) is 2.79. The molecule has 0 fully saturated rings. The predicted molar refractivity (Wildman–Crippen MR) is 78.4 cm³/mol. The highest BCUT2D eigenvalue weighted by Gasteiger charge is 2.21. The first kappa shape index (κ1) is 13.3. The summed E-state index contributed by atoms with van der Waals surface area (Å²) in [4.78, 5) is 11.3. The number of aromatic carboxylic acids is 1. The van der Waals surface area contributed by atoms with E-state index in [-0.39, 0.29) is 11.3 Å². The molecular formula is C16H14O5. The molecule has 0 aliphatic carbocycles. The SMILES string of the molecule is COc1cc(C)c2c(c1)oc1cc(O)c(C(=O)O)c(C)c12. The van der Waals surface area contributed by atoms with Crippen molar-refractivity contribution in [2.75, 3.05) is 7.11 Å². The number of aryl methyl sites for hydroxylation is 2. The summed E-state index contributed by atoms with van der Waals surface area (Å²) in [6.45, 7) is 3.58. The lowest BCUT2D eigenvalue weighted by molar-refractivity contribution is 0.0693. The fourth-order valence-electron chi connectivity index (χ4n) is 2.79. The number of aromatic hydroxyl groups is 1. The van der Waals surface area contributed by atoms with E-state index in [2.05, 4.69) is 0 Å².